The van der Waals surface area contributed by atoms with Crippen LogP contribution in [0.2, 0.25) is 5.02 Å². The molecule has 1 rings (SSSR count). The highest BCUT2D eigenvalue weighted by Crippen LogP contribution is 2.21. The lowest BCUT2D eigenvalue weighted by Gasteiger charge is -2.06. The molecule has 0 radical (unpaired) electrons. The predicted octanol–water partition coefficient (Wildman–Crippen LogP) is 2.96. The van der Waals surface area contributed by atoms with Gasteiger partial charge in [0.05, 0.1) is 0 Å². The Morgan fingerprint density at radius 3 is 2.80 bits per heavy atom. The molecule has 0 heterocycles. The third-order valence-electron chi connectivity index (χ3n) is 2.09. The SMILES string of the molecule is OCCCCNCc1ccc(Cl)cc1Br. The van der Waals surface area contributed by atoms with Crippen molar-refractivity contribution < 1.29 is 5.11 Å². The van der Waals surface area contributed by atoms with Crippen LogP contribution in [0, 0.1) is 0 Å². The van der Waals surface area contributed by atoms with E-state index in [9.17, 15) is 0 Å². The Morgan fingerprint density at radius 2 is 2.13 bits per heavy atom. The normalized spacial score (nSPS) is 10.6. The lowest BCUT2D eigenvalue weighted by molar-refractivity contribution is 0.283. The molecule has 0 bridgehead atoms. The number of unbranched alkanes of at least 4 members (excludes halogenated alkanes) is 1. The number of benzene rings is 1. The molecule has 2 nitrogen and oxygen atoms in total. The molecule has 0 aliphatic rings. The van der Waals surface area contributed by atoms with Crippen LogP contribution in [0.4, 0.5) is 0 Å². The predicted molar refractivity (Wildman–Crippen MR) is 67.2 cm³/mol. The lowest BCUT2D eigenvalue weighted by Crippen LogP contribution is -2.15. The van der Waals surface area contributed by atoms with Gasteiger partial charge in [-0.05, 0) is 37.1 Å². The van der Waals surface area contributed by atoms with Gasteiger partial charge in [0.15, 0.2) is 0 Å². The van der Waals surface area contributed by atoms with Crippen molar-refractivity contribution in [2.45, 2.75) is 19.4 Å². The van der Waals surface area contributed by atoms with Crippen LogP contribution >= 0.6 is 27.5 Å². The van der Waals surface area contributed by atoms with E-state index in [1.807, 2.05) is 18.2 Å². The van der Waals surface area contributed by atoms with Crippen molar-refractivity contribution in [3.63, 3.8) is 0 Å². The number of hydrogen-bond donors (Lipinski definition) is 2. The molecule has 1 aromatic carbocycles. The number of halogens is 2. The molecule has 1 aromatic rings. The molecule has 0 aliphatic heterocycles. The van der Waals surface area contributed by atoms with Gasteiger partial charge in [-0.25, -0.2) is 0 Å². The molecule has 0 aliphatic carbocycles. The fourth-order valence-corrected chi connectivity index (χ4v) is 2.07. The zero-order valence-corrected chi connectivity index (χ0v) is 10.8. The molecule has 2 N–H and O–H groups in total. The Morgan fingerprint density at radius 1 is 1.33 bits per heavy atom. The largest absolute Gasteiger partial charge is 0.396 e. The summed E-state index contributed by atoms with van der Waals surface area (Å²) in [6.07, 6.45) is 1.86. The van der Waals surface area contributed by atoms with Gasteiger partial charge in [-0.3, -0.25) is 0 Å². The number of rotatable bonds is 6. The molecule has 4 heteroatoms. The van der Waals surface area contributed by atoms with Crippen molar-refractivity contribution >= 4 is 27.5 Å². The molecule has 0 saturated carbocycles. The van der Waals surface area contributed by atoms with Crippen LogP contribution in [-0.4, -0.2) is 18.3 Å². The highest BCUT2D eigenvalue weighted by molar-refractivity contribution is 9.10. The summed E-state index contributed by atoms with van der Waals surface area (Å²) in [6.45, 7) is 2.02. The minimum atomic E-state index is 0.270. The van der Waals surface area contributed by atoms with E-state index in [4.69, 9.17) is 16.7 Å². The van der Waals surface area contributed by atoms with Crippen molar-refractivity contribution in [3.8, 4) is 0 Å². The average molecular weight is 293 g/mol. The summed E-state index contributed by atoms with van der Waals surface area (Å²) in [6, 6.07) is 5.79. The molecule has 0 spiro atoms. The van der Waals surface area contributed by atoms with Crippen molar-refractivity contribution in [2.24, 2.45) is 0 Å². The second kappa shape index (κ2) is 7.23. The van der Waals surface area contributed by atoms with Gasteiger partial charge in [0.2, 0.25) is 0 Å². The van der Waals surface area contributed by atoms with Gasteiger partial charge in [0, 0.05) is 22.6 Å². The fourth-order valence-electron chi connectivity index (χ4n) is 1.25. The van der Waals surface area contributed by atoms with Gasteiger partial charge in [-0.15, -0.1) is 0 Å². The van der Waals surface area contributed by atoms with E-state index in [0.717, 1.165) is 35.4 Å². The minimum Gasteiger partial charge on any atom is -0.396 e. The zero-order valence-electron chi connectivity index (χ0n) is 8.47. The third-order valence-corrected chi connectivity index (χ3v) is 3.07. The Balaban J connectivity index is 2.31. The highest BCUT2D eigenvalue weighted by Gasteiger charge is 1.99. The Bertz CT molecular complexity index is 307. The molecule has 0 fully saturated rings. The topological polar surface area (TPSA) is 32.3 Å². The maximum absolute atomic E-state index is 8.61. The Hall–Kier alpha value is -0.0900. The molecule has 15 heavy (non-hydrogen) atoms. The molecule has 84 valence electrons. The number of aliphatic hydroxyl groups is 1. The molecule has 0 aromatic heterocycles. The van der Waals surface area contributed by atoms with Gasteiger partial charge in [0.25, 0.3) is 0 Å². The third kappa shape index (κ3) is 4.98. The van der Waals surface area contributed by atoms with E-state index >= 15 is 0 Å². The Labute approximate surface area is 104 Å². The zero-order chi connectivity index (χ0) is 11.1. The van der Waals surface area contributed by atoms with Gasteiger partial charge in [-0.2, -0.15) is 0 Å². The number of nitrogens with one attached hydrogen (secondary N) is 1. The van der Waals surface area contributed by atoms with Crippen molar-refractivity contribution in [1.82, 2.24) is 5.32 Å². The quantitative estimate of drug-likeness (QED) is 0.790. The molecular weight excluding hydrogens is 277 g/mol. The van der Waals surface area contributed by atoms with Gasteiger partial charge in [-0.1, -0.05) is 33.6 Å². The Kier molecular flexibility index (Phi) is 6.25. The molecule has 0 atom stereocenters. The summed E-state index contributed by atoms with van der Waals surface area (Å²) in [4.78, 5) is 0. The van der Waals surface area contributed by atoms with Crippen LogP contribution in [0.1, 0.15) is 18.4 Å². The van der Waals surface area contributed by atoms with Crippen LogP contribution in [0.25, 0.3) is 0 Å². The first-order valence-corrected chi connectivity index (χ1v) is 6.16. The lowest BCUT2D eigenvalue weighted by atomic mass is 10.2. The van der Waals surface area contributed by atoms with Crippen LogP contribution in [0.15, 0.2) is 22.7 Å². The summed E-state index contributed by atoms with van der Waals surface area (Å²) in [5, 5.41) is 12.7. The molecule has 0 unspecified atom stereocenters. The highest BCUT2D eigenvalue weighted by atomic mass is 79.9. The summed E-state index contributed by atoms with van der Waals surface area (Å²) in [5.74, 6) is 0. The van der Waals surface area contributed by atoms with Gasteiger partial charge >= 0.3 is 0 Å². The van der Waals surface area contributed by atoms with Gasteiger partial charge in [0.1, 0.15) is 0 Å². The molecule has 0 amide bonds. The van der Waals surface area contributed by atoms with Crippen molar-refractivity contribution in [3.05, 3.63) is 33.3 Å². The second-order valence-electron chi connectivity index (χ2n) is 3.34. The maximum Gasteiger partial charge on any atom is 0.0431 e. The maximum atomic E-state index is 8.61. The number of aliphatic hydroxyl groups excluding tert-OH is 1. The van der Waals surface area contributed by atoms with E-state index < -0.39 is 0 Å². The summed E-state index contributed by atoms with van der Waals surface area (Å²) in [7, 11) is 0. The van der Waals surface area contributed by atoms with E-state index in [2.05, 4.69) is 21.2 Å². The average Bonchev–Trinajstić information content (AvgIpc) is 2.20. The molecule has 0 saturated heterocycles. The smallest absolute Gasteiger partial charge is 0.0431 e. The van der Waals surface area contributed by atoms with Gasteiger partial charge < -0.3 is 10.4 Å². The number of hydrogen-bond acceptors (Lipinski definition) is 2. The van der Waals surface area contributed by atoms with E-state index in [0.29, 0.717) is 0 Å². The molecular formula is C11H15BrClNO. The van der Waals surface area contributed by atoms with Crippen LogP contribution in [0.3, 0.4) is 0 Å². The van der Waals surface area contributed by atoms with Crippen molar-refractivity contribution in [2.75, 3.05) is 13.2 Å². The standard InChI is InChI=1S/C11H15BrClNO/c12-11-7-10(13)4-3-9(11)8-14-5-1-2-6-15/h3-4,7,14-15H,1-2,5-6,8H2. The van der Waals surface area contributed by atoms with Crippen LogP contribution in [0.5, 0.6) is 0 Å². The summed E-state index contributed by atoms with van der Waals surface area (Å²) >= 11 is 9.31. The first-order chi connectivity index (χ1) is 7.24. The van der Waals surface area contributed by atoms with E-state index in [1.54, 1.807) is 0 Å². The fraction of sp³-hybridized carbons (Fsp3) is 0.455. The second-order valence-corrected chi connectivity index (χ2v) is 4.63. The van der Waals surface area contributed by atoms with E-state index in [1.165, 1.54) is 5.56 Å². The first-order valence-electron chi connectivity index (χ1n) is 4.99. The van der Waals surface area contributed by atoms with Crippen LogP contribution in [-0.2, 0) is 6.54 Å². The monoisotopic (exact) mass is 291 g/mol. The minimum absolute atomic E-state index is 0.270. The first kappa shape index (κ1) is 13.0. The van der Waals surface area contributed by atoms with E-state index in [-0.39, 0.29) is 6.61 Å². The van der Waals surface area contributed by atoms with Crippen molar-refractivity contribution in [1.29, 1.82) is 0 Å². The van der Waals surface area contributed by atoms with Crippen LogP contribution < -0.4 is 5.32 Å². The summed E-state index contributed by atoms with van der Waals surface area (Å²) in [5.41, 5.74) is 1.20. The summed E-state index contributed by atoms with van der Waals surface area (Å²) < 4.78 is 1.03.